The minimum atomic E-state index is -3.15. The summed E-state index contributed by atoms with van der Waals surface area (Å²) >= 11 is 0. The van der Waals surface area contributed by atoms with Gasteiger partial charge in [0.05, 0.1) is 19.4 Å². The summed E-state index contributed by atoms with van der Waals surface area (Å²) in [4.78, 5) is 45.8. The number of aliphatic hydroxyl groups is 1. The van der Waals surface area contributed by atoms with Gasteiger partial charge < -0.3 is 35.6 Å². The Kier molecular flexibility index (Phi) is 5.75. The highest BCUT2D eigenvalue weighted by Gasteiger charge is 2.53. The topological polar surface area (TPSA) is 220 Å². The van der Waals surface area contributed by atoms with Crippen LogP contribution < -0.4 is 5.73 Å². The van der Waals surface area contributed by atoms with E-state index < -0.39 is 61.1 Å². The SMILES string of the molecule is Cc1nc(N)c2ncn([C@@H]3O[C@H](COC(CC(=O)O)(C(=O)O)C(=O)O)[C@@H](O)[C@@H]3F)c2n1. The lowest BCUT2D eigenvalue weighted by atomic mass is 9.99. The second-order valence-corrected chi connectivity index (χ2v) is 6.80. The summed E-state index contributed by atoms with van der Waals surface area (Å²) in [5.41, 5.74) is 2.88. The van der Waals surface area contributed by atoms with E-state index in [1.54, 1.807) is 6.92 Å². The predicted molar refractivity (Wildman–Crippen MR) is 95.5 cm³/mol. The van der Waals surface area contributed by atoms with Crippen LogP contribution in [0.1, 0.15) is 18.5 Å². The third-order valence-electron chi connectivity index (χ3n) is 4.71. The van der Waals surface area contributed by atoms with Crippen molar-refractivity contribution >= 4 is 34.9 Å². The molecule has 0 saturated carbocycles. The van der Waals surface area contributed by atoms with E-state index >= 15 is 0 Å². The minimum absolute atomic E-state index is 0.0384. The largest absolute Gasteiger partial charge is 0.481 e. The number of hydrogen-bond acceptors (Lipinski definition) is 10. The smallest absolute Gasteiger partial charge is 0.348 e. The molecule has 6 N–H and O–H groups in total. The summed E-state index contributed by atoms with van der Waals surface area (Å²) in [7, 11) is 0. The van der Waals surface area contributed by atoms with Crippen molar-refractivity contribution in [1.82, 2.24) is 19.5 Å². The van der Waals surface area contributed by atoms with Crippen LogP contribution in [0.2, 0.25) is 0 Å². The zero-order valence-electron chi connectivity index (χ0n) is 15.9. The predicted octanol–water partition coefficient (Wildman–Crippen LogP) is -1.29. The number of rotatable bonds is 8. The van der Waals surface area contributed by atoms with Gasteiger partial charge >= 0.3 is 17.9 Å². The maximum Gasteiger partial charge on any atom is 0.348 e. The summed E-state index contributed by atoms with van der Waals surface area (Å²) in [6, 6.07) is 0. The molecule has 1 aliphatic rings. The Morgan fingerprint density at radius 3 is 2.52 bits per heavy atom. The van der Waals surface area contributed by atoms with Gasteiger partial charge in [-0.05, 0) is 6.92 Å². The van der Waals surface area contributed by atoms with Gasteiger partial charge in [-0.25, -0.2) is 28.9 Å². The van der Waals surface area contributed by atoms with Crippen LogP contribution in [0.4, 0.5) is 10.2 Å². The standard InChI is InChI=1S/C16H18FN5O9/c1-5-20-11(18)9-12(21-5)22(4-19-9)13-8(17)10(25)6(31-13)3-30-16(14(26)27,15(28)29)2-7(23)24/h4,6,8,10,13,25H,2-3H2,1H3,(H,23,24)(H,26,27)(H,28,29)(H2,18,20,21)/t6-,8+,10-,13-/m1/s1. The van der Waals surface area contributed by atoms with E-state index in [2.05, 4.69) is 15.0 Å². The maximum atomic E-state index is 14.8. The van der Waals surface area contributed by atoms with Crippen LogP contribution in [-0.4, -0.2) is 88.4 Å². The summed E-state index contributed by atoms with van der Waals surface area (Å²) in [6.45, 7) is 0.619. The molecule has 2 aromatic rings. The van der Waals surface area contributed by atoms with Crippen molar-refractivity contribution in [2.45, 2.75) is 43.6 Å². The molecule has 1 saturated heterocycles. The van der Waals surface area contributed by atoms with Crippen molar-refractivity contribution in [3.8, 4) is 0 Å². The monoisotopic (exact) mass is 443 g/mol. The molecule has 0 aromatic carbocycles. The molecular formula is C16H18FN5O9. The highest BCUT2D eigenvalue weighted by atomic mass is 19.1. The molecule has 0 aliphatic carbocycles. The Hall–Kier alpha value is -3.43. The van der Waals surface area contributed by atoms with Crippen LogP contribution in [-0.2, 0) is 23.9 Å². The molecular weight excluding hydrogens is 425 g/mol. The summed E-state index contributed by atoms with van der Waals surface area (Å²) in [5.74, 6) is -5.60. The van der Waals surface area contributed by atoms with Crippen LogP contribution in [0.15, 0.2) is 6.33 Å². The van der Waals surface area contributed by atoms with Gasteiger partial charge in [0.15, 0.2) is 23.9 Å². The van der Waals surface area contributed by atoms with E-state index in [1.165, 1.54) is 0 Å². The third-order valence-corrected chi connectivity index (χ3v) is 4.71. The van der Waals surface area contributed by atoms with E-state index in [1.807, 2.05) is 0 Å². The Morgan fingerprint density at radius 1 is 1.29 bits per heavy atom. The Balaban J connectivity index is 1.85. The number of alkyl halides is 1. The number of aryl methyl sites for hydroxylation is 1. The van der Waals surface area contributed by atoms with E-state index in [9.17, 15) is 34.1 Å². The first-order valence-electron chi connectivity index (χ1n) is 8.74. The molecule has 15 heteroatoms. The van der Waals surface area contributed by atoms with Crippen molar-refractivity contribution in [1.29, 1.82) is 0 Å². The van der Waals surface area contributed by atoms with Crippen molar-refractivity contribution < 1.29 is 48.7 Å². The molecule has 1 aliphatic heterocycles. The Morgan fingerprint density at radius 2 is 1.94 bits per heavy atom. The number of hydrogen-bond donors (Lipinski definition) is 5. The van der Waals surface area contributed by atoms with E-state index in [0.29, 0.717) is 0 Å². The number of nitrogens with two attached hydrogens (primary N) is 1. The zero-order chi connectivity index (χ0) is 23.1. The maximum absolute atomic E-state index is 14.8. The van der Waals surface area contributed by atoms with Crippen molar-refractivity contribution in [3.05, 3.63) is 12.2 Å². The van der Waals surface area contributed by atoms with Gasteiger partial charge in [0.2, 0.25) is 0 Å². The lowest BCUT2D eigenvalue weighted by Gasteiger charge is -2.25. The van der Waals surface area contributed by atoms with Crippen LogP contribution in [0.3, 0.4) is 0 Å². The number of anilines is 1. The van der Waals surface area contributed by atoms with Gasteiger partial charge in [0.1, 0.15) is 23.5 Å². The number of carboxylic acids is 3. The number of aliphatic carboxylic acids is 3. The van der Waals surface area contributed by atoms with Gasteiger partial charge in [-0.15, -0.1) is 0 Å². The van der Waals surface area contributed by atoms with E-state index in [4.69, 9.17) is 20.3 Å². The quantitative estimate of drug-likeness (QED) is 0.300. The fourth-order valence-corrected chi connectivity index (χ4v) is 3.16. The second kappa shape index (κ2) is 8.01. The average Bonchev–Trinajstić information content (AvgIpc) is 3.20. The molecule has 0 bridgehead atoms. The normalized spacial score (nSPS) is 23.8. The van der Waals surface area contributed by atoms with Crippen molar-refractivity contribution in [2.75, 3.05) is 12.3 Å². The minimum Gasteiger partial charge on any atom is -0.481 e. The Labute approximate surface area is 172 Å². The number of aliphatic hydroxyl groups excluding tert-OH is 1. The first kappa shape index (κ1) is 22.3. The molecule has 3 rings (SSSR count). The molecule has 0 unspecified atom stereocenters. The number of halogens is 1. The van der Waals surface area contributed by atoms with Gasteiger partial charge in [0.25, 0.3) is 5.60 Å². The molecule has 0 radical (unpaired) electrons. The number of fused-ring (bicyclic) bond motifs is 1. The molecule has 3 heterocycles. The average molecular weight is 443 g/mol. The summed E-state index contributed by atoms with van der Waals surface area (Å²) in [6.07, 6.45) is -7.18. The molecule has 2 aromatic heterocycles. The highest BCUT2D eigenvalue weighted by molar-refractivity contribution is 6.04. The van der Waals surface area contributed by atoms with Crippen molar-refractivity contribution in [2.24, 2.45) is 0 Å². The van der Waals surface area contributed by atoms with E-state index in [0.717, 1.165) is 10.9 Å². The summed E-state index contributed by atoms with van der Waals surface area (Å²) < 4.78 is 26.2. The molecule has 14 nitrogen and oxygen atoms in total. The fraction of sp³-hybridized carbons (Fsp3) is 0.500. The molecule has 31 heavy (non-hydrogen) atoms. The number of carbonyl (C=O) groups is 3. The molecule has 1 fully saturated rings. The number of imidazole rings is 1. The van der Waals surface area contributed by atoms with Gasteiger partial charge in [-0.3, -0.25) is 9.36 Å². The lowest BCUT2D eigenvalue weighted by Crippen LogP contribution is -2.52. The summed E-state index contributed by atoms with van der Waals surface area (Å²) in [5, 5.41) is 37.5. The number of aromatic nitrogens is 4. The van der Waals surface area contributed by atoms with Crippen LogP contribution >= 0.6 is 0 Å². The van der Waals surface area contributed by atoms with E-state index in [-0.39, 0.29) is 22.8 Å². The zero-order valence-corrected chi connectivity index (χ0v) is 15.9. The number of ether oxygens (including phenoxy) is 2. The first-order chi connectivity index (χ1) is 14.5. The van der Waals surface area contributed by atoms with Gasteiger partial charge in [-0.2, -0.15) is 0 Å². The highest BCUT2D eigenvalue weighted by Crippen LogP contribution is 2.35. The number of nitrogen functional groups attached to an aromatic ring is 1. The second-order valence-electron chi connectivity index (χ2n) is 6.80. The molecule has 0 amide bonds. The number of carboxylic acid groups (broad SMARTS) is 3. The van der Waals surface area contributed by atoms with Gasteiger partial charge in [-0.1, -0.05) is 0 Å². The molecule has 4 atom stereocenters. The van der Waals surface area contributed by atoms with Crippen LogP contribution in [0.25, 0.3) is 11.2 Å². The molecule has 168 valence electrons. The molecule has 0 spiro atoms. The van der Waals surface area contributed by atoms with Crippen LogP contribution in [0.5, 0.6) is 0 Å². The lowest BCUT2D eigenvalue weighted by molar-refractivity contribution is -0.194. The Bertz CT molecular complexity index is 1030. The van der Waals surface area contributed by atoms with Gasteiger partial charge in [0, 0.05) is 0 Å². The fourth-order valence-electron chi connectivity index (χ4n) is 3.16. The van der Waals surface area contributed by atoms with Crippen molar-refractivity contribution in [3.63, 3.8) is 0 Å². The van der Waals surface area contributed by atoms with Crippen LogP contribution in [0, 0.1) is 6.92 Å². The number of nitrogens with zero attached hydrogens (tertiary/aromatic N) is 4. The third kappa shape index (κ3) is 3.85. The first-order valence-corrected chi connectivity index (χ1v) is 8.74.